The maximum atomic E-state index is 13.3. The highest BCUT2D eigenvalue weighted by Gasteiger charge is 2.37. The maximum Gasteiger partial charge on any atom is 0.573 e. The number of nitrogens with zero attached hydrogens (tertiary/aromatic N) is 1. The van der Waals surface area contributed by atoms with Gasteiger partial charge in [-0.25, -0.2) is 8.42 Å². The lowest BCUT2D eigenvalue weighted by molar-refractivity contribution is -0.274. The number of carbonyl (C=O) groups excluding carboxylic acids is 3. The van der Waals surface area contributed by atoms with Crippen LogP contribution in [0.1, 0.15) is 54.3 Å². The Balaban J connectivity index is 1.61. The summed E-state index contributed by atoms with van der Waals surface area (Å²) in [6, 6.07) is 9.29. The summed E-state index contributed by atoms with van der Waals surface area (Å²) in [4.78, 5) is 40.6. The lowest BCUT2D eigenvalue weighted by Crippen LogP contribution is -2.58. The normalized spacial score (nSPS) is 16.2. The first-order chi connectivity index (χ1) is 18.5. The van der Waals surface area contributed by atoms with E-state index in [-0.39, 0.29) is 28.2 Å². The Morgan fingerprint density at radius 1 is 0.975 bits per heavy atom. The molecule has 1 aliphatic heterocycles. The molecule has 3 amide bonds. The molecule has 3 rings (SSSR count). The van der Waals surface area contributed by atoms with Crippen molar-refractivity contribution < 1.29 is 40.7 Å². The fraction of sp³-hybridized carbons (Fsp3) is 0.444. The van der Waals surface area contributed by atoms with Crippen molar-refractivity contribution in [3.05, 3.63) is 59.7 Å². The minimum atomic E-state index is -4.91. The third-order valence-electron chi connectivity index (χ3n) is 6.69. The minimum Gasteiger partial charge on any atom is -0.406 e. The summed E-state index contributed by atoms with van der Waals surface area (Å²) in [5.41, 5.74) is -0.406. The van der Waals surface area contributed by atoms with Crippen molar-refractivity contribution in [1.82, 2.24) is 15.5 Å². The number of carbonyl (C=O) groups is 3. The quantitative estimate of drug-likeness (QED) is 0.490. The van der Waals surface area contributed by atoms with Crippen LogP contribution in [0.4, 0.5) is 13.2 Å². The van der Waals surface area contributed by atoms with Crippen molar-refractivity contribution in [2.45, 2.75) is 56.5 Å². The standard InChI is InChI=1S/C27H32F3N3O6S/c1-17(2)22(31-23(34)19-6-5-7-20(16-19)39-27(28,29)30)25(36)33-14-12-26(3,13-15-33)32-24(35)18-8-10-21(11-9-18)40(4,37)38/h5-11,16-17,22H,12-15H2,1-4H3,(H,31,34)(H,32,35). The lowest BCUT2D eigenvalue weighted by Gasteiger charge is -2.41. The molecule has 2 aromatic rings. The molecule has 13 heteroatoms. The molecule has 1 atom stereocenters. The van der Waals surface area contributed by atoms with Crippen LogP contribution in [0.25, 0.3) is 0 Å². The molecule has 1 heterocycles. The second kappa shape index (κ2) is 11.9. The first-order valence-electron chi connectivity index (χ1n) is 12.6. The molecule has 1 saturated heterocycles. The van der Waals surface area contributed by atoms with E-state index < -0.39 is 39.4 Å². The van der Waals surface area contributed by atoms with Crippen LogP contribution in [-0.4, -0.2) is 68.3 Å². The van der Waals surface area contributed by atoms with Gasteiger partial charge in [0.15, 0.2) is 9.84 Å². The molecular formula is C27H32F3N3O6S. The van der Waals surface area contributed by atoms with Gasteiger partial charge in [-0.1, -0.05) is 19.9 Å². The Kier molecular flexibility index (Phi) is 9.17. The fourth-order valence-electron chi connectivity index (χ4n) is 4.31. The zero-order chi connectivity index (χ0) is 29.9. The number of piperidine rings is 1. The predicted molar refractivity (Wildman–Crippen MR) is 140 cm³/mol. The molecule has 0 bridgehead atoms. The topological polar surface area (TPSA) is 122 Å². The number of amides is 3. The van der Waals surface area contributed by atoms with Gasteiger partial charge < -0.3 is 20.3 Å². The fourth-order valence-corrected chi connectivity index (χ4v) is 4.95. The molecule has 0 aromatic heterocycles. The van der Waals surface area contributed by atoms with Gasteiger partial charge in [-0.2, -0.15) is 0 Å². The molecule has 40 heavy (non-hydrogen) atoms. The Morgan fingerprint density at radius 3 is 2.10 bits per heavy atom. The molecule has 9 nitrogen and oxygen atoms in total. The highest BCUT2D eigenvalue weighted by atomic mass is 32.2. The Bertz CT molecular complexity index is 1350. The summed E-state index contributed by atoms with van der Waals surface area (Å²) in [7, 11) is -3.39. The van der Waals surface area contributed by atoms with E-state index in [1.807, 2.05) is 6.92 Å². The number of alkyl halides is 3. The van der Waals surface area contributed by atoms with E-state index in [9.17, 15) is 36.0 Å². The molecule has 218 valence electrons. The number of nitrogens with one attached hydrogen (secondary N) is 2. The van der Waals surface area contributed by atoms with Crippen LogP contribution in [0.5, 0.6) is 5.75 Å². The number of hydrogen-bond donors (Lipinski definition) is 2. The molecule has 0 saturated carbocycles. The van der Waals surface area contributed by atoms with E-state index >= 15 is 0 Å². The van der Waals surface area contributed by atoms with E-state index in [4.69, 9.17) is 0 Å². The molecule has 2 aromatic carbocycles. The number of sulfone groups is 1. The van der Waals surface area contributed by atoms with E-state index in [0.29, 0.717) is 31.5 Å². The van der Waals surface area contributed by atoms with Crippen molar-refractivity contribution in [2.75, 3.05) is 19.3 Å². The van der Waals surface area contributed by atoms with Crippen LogP contribution in [0.3, 0.4) is 0 Å². The summed E-state index contributed by atoms with van der Waals surface area (Å²) in [6.07, 6.45) is -2.96. The van der Waals surface area contributed by atoms with E-state index in [1.54, 1.807) is 18.7 Å². The number of benzene rings is 2. The summed E-state index contributed by atoms with van der Waals surface area (Å²) >= 11 is 0. The SMILES string of the molecule is CC(C)C(NC(=O)c1cccc(OC(F)(F)F)c1)C(=O)N1CCC(C)(NC(=O)c2ccc(S(C)(=O)=O)cc2)CC1. The Labute approximate surface area is 231 Å². The second-order valence-electron chi connectivity index (χ2n) is 10.4. The molecular weight excluding hydrogens is 551 g/mol. The number of halogens is 3. The molecule has 1 fully saturated rings. The first-order valence-corrected chi connectivity index (χ1v) is 14.4. The molecule has 0 spiro atoms. The minimum absolute atomic E-state index is 0.0845. The van der Waals surface area contributed by atoms with Crippen molar-refractivity contribution in [1.29, 1.82) is 0 Å². The number of likely N-dealkylation sites (tertiary alicyclic amines) is 1. The summed E-state index contributed by atoms with van der Waals surface area (Å²) < 4.78 is 64.8. The molecule has 0 aliphatic carbocycles. The third kappa shape index (κ3) is 8.20. The van der Waals surface area contributed by atoms with Crippen molar-refractivity contribution >= 4 is 27.6 Å². The van der Waals surface area contributed by atoms with Crippen LogP contribution >= 0.6 is 0 Å². The smallest absolute Gasteiger partial charge is 0.406 e. The summed E-state index contributed by atoms with van der Waals surface area (Å²) in [6.45, 7) is 5.95. The second-order valence-corrected chi connectivity index (χ2v) is 12.4. The van der Waals surface area contributed by atoms with Gasteiger partial charge in [0.2, 0.25) is 5.91 Å². The van der Waals surface area contributed by atoms with Crippen molar-refractivity contribution in [2.24, 2.45) is 5.92 Å². The van der Waals surface area contributed by atoms with Crippen LogP contribution in [0.15, 0.2) is 53.4 Å². The van der Waals surface area contributed by atoms with Crippen LogP contribution in [0, 0.1) is 5.92 Å². The van der Waals surface area contributed by atoms with Gasteiger partial charge in [0, 0.05) is 36.0 Å². The zero-order valence-electron chi connectivity index (χ0n) is 22.5. The highest BCUT2D eigenvalue weighted by molar-refractivity contribution is 7.90. The monoisotopic (exact) mass is 583 g/mol. The molecule has 1 unspecified atom stereocenters. The van der Waals surface area contributed by atoms with E-state index in [0.717, 1.165) is 18.4 Å². The van der Waals surface area contributed by atoms with E-state index in [2.05, 4.69) is 15.4 Å². The van der Waals surface area contributed by atoms with Crippen LogP contribution < -0.4 is 15.4 Å². The average molecular weight is 584 g/mol. The summed E-state index contributed by atoms with van der Waals surface area (Å²) in [5.74, 6) is -2.27. The first kappa shape index (κ1) is 30.9. The van der Waals surface area contributed by atoms with Crippen LogP contribution in [-0.2, 0) is 14.6 Å². The Morgan fingerprint density at radius 2 is 1.57 bits per heavy atom. The van der Waals surface area contributed by atoms with Crippen molar-refractivity contribution in [3.8, 4) is 5.75 Å². The third-order valence-corrected chi connectivity index (χ3v) is 7.82. The Hall–Kier alpha value is -3.61. The van der Waals surface area contributed by atoms with E-state index in [1.165, 1.54) is 36.4 Å². The number of rotatable bonds is 8. The number of hydrogen-bond acceptors (Lipinski definition) is 6. The van der Waals surface area contributed by atoms with Gasteiger partial charge in [0.05, 0.1) is 4.90 Å². The zero-order valence-corrected chi connectivity index (χ0v) is 23.4. The van der Waals surface area contributed by atoms with Gasteiger partial charge in [-0.3, -0.25) is 14.4 Å². The largest absolute Gasteiger partial charge is 0.573 e. The van der Waals surface area contributed by atoms with Gasteiger partial charge in [-0.15, -0.1) is 13.2 Å². The number of ether oxygens (including phenoxy) is 1. The summed E-state index contributed by atoms with van der Waals surface area (Å²) in [5, 5.41) is 5.60. The highest BCUT2D eigenvalue weighted by Crippen LogP contribution is 2.25. The maximum absolute atomic E-state index is 13.3. The van der Waals surface area contributed by atoms with Gasteiger partial charge in [0.25, 0.3) is 11.8 Å². The van der Waals surface area contributed by atoms with Gasteiger partial charge >= 0.3 is 6.36 Å². The predicted octanol–water partition coefficient (Wildman–Crippen LogP) is 3.55. The molecule has 2 N–H and O–H groups in total. The van der Waals surface area contributed by atoms with Crippen LogP contribution in [0.2, 0.25) is 0 Å². The van der Waals surface area contributed by atoms with Gasteiger partial charge in [-0.05, 0) is 68.1 Å². The average Bonchev–Trinajstić information content (AvgIpc) is 2.85. The van der Waals surface area contributed by atoms with Crippen molar-refractivity contribution in [3.63, 3.8) is 0 Å². The molecule has 0 radical (unpaired) electrons. The van der Waals surface area contributed by atoms with Gasteiger partial charge in [0.1, 0.15) is 11.8 Å². The lowest BCUT2D eigenvalue weighted by atomic mass is 9.88. The molecule has 1 aliphatic rings.